The Kier molecular flexibility index (Phi) is 11.4. The summed E-state index contributed by atoms with van der Waals surface area (Å²) in [6, 6.07) is 0.828. The molecule has 0 radical (unpaired) electrons. The van der Waals surface area contributed by atoms with E-state index in [4.69, 9.17) is 14.2 Å². The van der Waals surface area contributed by atoms with E-state index in [1.54, 1.807) is 0 Å². The van der Waals surface area contributed by atoms with Gasteiger partial charge in [-0.1, -0.05) is 13.3 Å². The van der Waals surface area contributed by atoms with E-state index < -0.39 is 0 Å². The van der Waals surface area contributed by atoms with Crippen molar-refractivity contribution in [1.82, 2.24) is 5.32 Å². The average Bonchev–Trinajstić information content (AvgIpc) is 3.23. The summed E-state index contributed by atoms with van der Waals surface area (Å²) in [7, 11) is 0. The van der Waals surface area contributed by atoms with E-state index in [9.17, 15) is 0 Å². The number of nitrogens with one attached hydrogen (secondary N) is 1. The second kappa shape index (κ2) is 12.9. The number of hydrogen-bond acceptors (Lipinski definition) is 4. The number of unbranched alkanes of at least 4 members (excludes halogenated alkanes) is 2. The highest BCUT2D eigenvalue weighted by molar-refractivity contribution is 4.80. The first kappa shape index (κ1) is 16.9. The highest BCUT2D eigenvalue weighted by Crippen LogP contribution is 2.18. The summed E-state index contributed by atoms with van der Waals surface area (Å²) >= 11 is 0. The summed E-state index contributed by atoms with van der Waals surface area (Å²) in [5.41, 5.74) is 0. The molecule has 1 aliphatic carbocycles. The van der Waals surface area contributed by atoms with E-state index in [2.05, 4.69) is 12.2 Å². The lowest BCUT2D eigenvalue weighted by Gasteiger charge is -2.07. The fraction of sp³-hybridized carbons (Fsp3) is 1.00. The van der Waals surface area contributed by atoms with Gasteiger partial charge in [-0.2, -0.15) is 0 Å². The van der Waals surface area contributed by atoms with Gasteiger partial charge in [0.25, 0.3) is 0 Å². The predicted octanol–water partition coefficient (Wildman–Crippen LogP) is 2.37. The van der Waals surface area contributed by atoms with Crippen LogP contribution in [0.25, 0.3) is 0 Å². The minimum absolute atomic E-state index is 0.678. The number of rotatable bonds is 15. The van der Waals surface area contributed by atoms with E-state index in [1.807, 2.05) is 0 Å². The van der Waals surface area contributed by atoms with Crippen LogP contribution in [0.4, 0.5) is 0 Å². The second-order valence-corrected chi connectivity index (χ2v) is 5.13. The number of hydrogen-bond donors (Lipinski definition) is 1. The fourth-order valence-electron chi connectivity index (χ4n) is 1.71. The quantitative estimate of drug-likeness (QED) is 0.465. The van der Waals surface area contributed by atoms with Crippen molar-refractivity contribution in [3.63, 3.8) is 0 Å². The molecule has 0 aromatic carbocycles. The molecule has 0 aromatic heterocycles. The molecular weight excluding hydrogens is 242 g/mol. The van der Waals surface area contributed by atoms with Crippen molar-refractivity contribution in [2.75, 3.05) is 46.2 Å². The molecule has 0 aliphatic heterocycles. The molecule has 0 atom stereocenters. The molecule has 1 rings (SSSR count). The van der Waals surface area contributed by atoms with Gasteiger partial charge in [-0.15, -0.1) is 0 Å². The third kappa shape index (κ3) is 12.6. The fourth-order valence-corrected chi connectivity index (χ4v) is 1.71. The maximum absolute atomic E-state index is 5.51. The zero-order chi connectivity index (χ0) is 13.6. The van der Waals surface area contributed by atoms with Crippen LogP contribution in [0.15, 0.2) is 0 Å². The Morgan fingerprint density at radius 2 is 1.37 bits per heavy atom. The normalized spacial score (nSPS) is 15.0. The van der Waals surface area contributed by atoms with Gasteiger partial charge < -0.3 is 19.5 Å². The largest absolute Gasteiger partial charge is 0.379 e. The lowest BCUT2D eigenvalue weighted by atomic mass is 10.3. The molecule has 0 aromatic rings. The van der Waals surface area contributed by atoms with E-state index >= 15 is 0 Å². The topological polar surface area (TPSA) is 39.7 Å². The monoisotopic (exact) mass is 273 g/mol. The van der Waals surface area contributed by atoms with Crippen LogP contribution in [-0.4, -0.2) is 52.2 Å². The summed E-state index contributed by atoms with van der Waals surface area (Å²) < 4.78 is 16.3. The molecule has 1 N–H and O–H groups in total. The van der Waals surface area contributed by atoms with Crippen LogP contribution in [0.2, 0.25) is 0 Å². The highest BCUT2D eigenvalue weighted by Gasteiger charge is 2.19. The van der Waals surface area contributed by atoms with Crippen LogP contribution < -0.4 is 5.32 Å². The predicted molar refractivity (Wildman–Crippen MR) is 77.6 cm³/mol. The van der Waals surface area contributed by atoms with E-state index in [-0.39, 0.29) is 0 Å². The van der Waals surface area contributed by atoms with Crippen LogP contribution in [-0.2, 0) is 14.2 Å². The van der Waals surface area contributed by atoms with Gasteiger partial charge in [0.15, 0.2) is 0 Å². The first-order chi connectivity index (χ1) is 9.43. The average molecular weight is 273 g/mol. The van der Waals surface area contributed by atoms with E-state index in [1.165, 1.54) is 25.7 Å². The standard InChI is InChI=1S/C15H31NO3/c1-2-3-9-17-11-13-19-14-12-18-10-5-4-8-16-15-6-7-15/h15-16H,2-14H2,1H3. The lowest BCUT2D eigenvalue weighted by Crippen LogP contribution is -2.18. The minimum Gasteiger partial charge on any atom is -0.379 e. The molecule has 0 unspecified atom stereocenters. The molecule has 1 aliphatic rings. The molecule has 0 heterocycles. The van der Waals surface area contributed by atoms with Gasteiger partial charge in [0.2, 0.25) is 0 Å². The van der Waals surface area contributed by atoms with Gasteiger partial charge in [0.05, 0.1) is 26.4 Å². The smallest absolute Gasteiger partial charge is 0.0701 e. The van der Waals surface area contributed by atoms with Crippen LogP contribution in [0.3, 0.4) is 0 Å². The molecule has 114 valence electrons. The Bertz CT molecular complexity index is 186. The summed E-state index contributed by atoms with van der Waals surface area (Å²) in [6.07, 6.45) is 7.41. The van der Waals surface area contributed by atoms with Gasteiger partial charge in [0, 0.05) is 19.3 Å². The maximum atomic E-state index is 5.51. The first-order valence-corrected chi connectivity index (χ1v) is 7.90. The Morgan fingerprint density at radius 1 is 0.789 bits per heavy atom. The van der Waals surface area contributed by atoms with E-state index in [0.717, 1.165) is 38.6 Å². The van der Waals surface area contributed by atoms with Crippen molar-refractivity contribution in [2.45, 2.75) is 51.5 Å². The third-order valence-electron chi connectivity index (χ3n) is 3.11. The summed E-state index contributed by atoms with van der Waals surface area (Å²) in [4.78, 5) is 0. The molecule has 4 nitrogen and oxygen atoms in total. The molecule has 0 amide bonds. The van der Waals surface area contributed by atoms with Crippen molar-refractivity contribution in [3.8, 4) is 0 Å². The summed E-state index contributed by atoms with van der Waals surface area (Å²) in [5, 5.41) is 3.50. The highest BCUT2D eigenvalue weighted by atomic mass is 16.5. The first-order valence-electron chi connectivity index (χ1n) is 7.90. The molecule has 1 fully saturated rings. The Morgan fingerprint density at radius 3 is 1.95 bits per heavy atom. The van der Waals surface area contributed by atoms with Crippen molar-refractivity contribution in [2.24, 2.45) is 0 Å². The molecule has 1 saturated carbocycles. The van der Waals surface area contributed by atoms with Crippen LogP contribution in [0, 0.1) is 0 Å². The van der Waals surface area contributed by atoms with Gasteiger partial charge >= 0.3 is 0 Å². The minimum atomic E-state index is 0.678. The van der Waals surface area contributed by atoms with Gasteiger partial charge in [0.1, 0.15) is 0 Å². The second-order valence-electron chi connectivity index (χ2n) is 5.13. The van der Waals surface area contributed by atoms with Crippen LogP contribution in [0.1, 0.15) is 45.4 Å². The van der Waals surface area contributed by atoms with Gasteiger partial charge in [-0.05, 0) is 38.6 Å². The van der Waals surface area contributed by atoms with Crippen molar-refractivity contribution in [3.05, 3.63) is 0 Å². The zero-order valence-electron chi connectivity index (χ0n) is 12.5. The molecule has 19 heavy (non-hydrogen) atoms. The lowest BCUT2D eigenvalue weighted by molar-refractivity contribution is 0.0135. The van der Waals surface area contributed by atoms with Gasteiger partial charge in [-0.25, -0.2) is 0 Å². The summed E-state index contributed by atoms with van der Waals surface area (Å²) in [5.74, 6) is 0. The zero-order valence-corrected chi connectivity index (χ0v) is 12.5. The van der Waals surface area contributed by atoms with Crippen molar-refractivity contribution >= 4 is 0 Å². The van der Waals surface area contributed by atoms with Crippen molar-refractivity contribution in [1.29, 1.82) is 0 Å². The molecule has 0 spiro atoms. The van der Waals surface area contributed by atoms with E-state index in [0.29, 0.717) is 26.4 Å². The maximum Gasteiger partial charge on any atom is 0.0701 e. The van der Waals surface area contributed by atoms with Crippen molar-refractivity contribution < 1.29 is 14.2 Å². The van der Waals surface area contributed by atoms with Crippen LogP contribution >= 0.6 is 0 Å². The Hall–Kier alpha value is -0.160. The van der Waals surface area contributed by atoms with Gasteiger partial charge in [-0.3, -0.25) is 0 Å². The summed E-state index contributed by atoms with van der Waals surface area (Å²) in [6.45, 7) is 7.76. The third-order valence-corrected chi connectivity index (χ3v) is 3.11. The Balaban J connectivity index is 1.60. The number of ether oxygens (including phenoxy) is 3. The molecular formula is C15H31NO3. The molecule has 0 saturated heterocycles. The SMILES string of the molecule is CCCCOCCOCCOCCCCNC1CC1. The molecule has 0 bridgehead atoms. The molecule has 4 heteroatoms. The Labute approximate surface area is 118 Å². The van der Waals surface area contributed by atoms with Crippen LogP contribution in [0.5, 0.6) is 0 Å².